The van der Waals surface area contributed by atoms with Crippen LogP contribution in [-0.2, 0) is 22.6 Å². The van der Waals surface area contributed by atoms with Crippen LogP contribution in [0.15, 0.2) is 48.5 Å². The van der Waals surface area contributed by atoms with Crippen LogP contribution in [0.4, 0.5) is 5.69 Å². The van der Waals surface area contributed by atoms with Crippen LogP contribution >= 0.6 is 0 Å². The van der Waals surface area contributed by atoms with Crippen molar-refractivity contribution >= 4 is 17.5 Å². The van der Waals surface area contributed by atoms with Crippen LogP contribution in [0.1, 0.15) is 17.5 Å². The molecule has 0 aliphatic carbocycles. The number of carbonyl (C=O) groups excluding carboxylic acids is 2. The minimum Gasteiger partial charge on any atom is -0.491 e. The lowest BCUT2D eigenvalue weighted by Crippen LogP contribution is -2.44. The van der Waals surface area contributed by atoms with Crippen LogP contribution in [0, 0.1) is 0 Å². The van der Waals surface area contributed by atoms with Crippen LogP contribution in [0.5, 0.6) is 5.75 Å². The molecule has 0 aromatic heterocycles. The number of carbonyl (C=O) groups is 2. The van der Waals surface area contributed by atoms with E-state index in [-0.39, 0.29) is 24.8 Å². The van der Waals surface area contributed by atoms with Crippen molar-refractivity contribution in [2.24, 2.45) is 0 Å². The maximum absolute atomic E-state index is 12.8. The van der Waals surface area contributed by atoms with Crippen molar-refractivity contribution in [2.75, 3.05) is 24.6 Å². The summed E-state index contributed by atoms with van der Waals surface area (Å²) in [4.78, 5) is 28.7. The van der Waals surface area contributed by atoms with Gasteiger partial charge in [-0.05, 0) is 29.7 Å². The van der Waals surface area contributed by atoms with E-state index in [1.165, 1.54) is 11.1 Å². The molecule has 0 atom stereocenters. The van der Waals surface area contributed by atoms with Gasteiger partial charge in [-0.1, -0.05) is 36.4 Å². The average molecular weight is 336 g/mol. The van der Waals surface area contributed by atoms with E-state index >= 15 is 0 Å². The van der Waals surface area contributed by atoms with Gasteiger partial charge in [-0.3, -0.25) is 14.5 Å². The minimum absolute atomic E-state index is 0.0282. The van der Waals surface area contributed by atoms with Crippen molar-refractivity contribution in [3.63, 3.8) is 0 Å². The van der Waals surface area contributed by atoms with Gasteiger partial charge in [-0.2, -0.15) is 0 Å². The summed E-state index contributed by atoms with van der Waals surface area (Å²) in [6.07, 6.45) is 1.14. The fourth-order valence-corrected chi connectivity index (χ4v) is 3.44. The molecule has 2 aliphatic heterocycles. The number of nitrogens with zero attached hydrogens (tertiary/aromatic N) is 2. The lowest BCUT2D eigenvalue weighted by Gasteiger charge is -2.31. The summed E-state index contributed by atoms with van der Waals surface area (Å²) in [5.41, 5.74) is 3.17. The Bertz CT molecular complexity index is 818. The van der Waals surface area contributed by atoms with Gasteiger partial charge in [0.05, 0.1) is 18.7 Å². The highest BCUT2D eigenvalue weighted by molar-refractivity contribution is 6.00. The highest BCUT2D eigenvalue weighted by atomic mass is 16.5. The van der Waals surface area contributed by atoms with E-state index in [1.807, 2.05) is 41.3 Å². The van der Waals surface area contributed by atoms with Crippen molar-refractivity contribution in [1.82, 2.24) is 4.90 Å². The van der Waals surface area contributed by atoms with Crippen molar-refractivity contribution in [3.8, 4) is 5.75 Å². The zero-order valence-electron chi connectivity index (χ0n) is 14.0. The first-order valence-electron chi connectivity index (χ1n) is 8.59. The van der Waals surface area contributed by atoms with Crippen LogP contribution in [-0.4, -0.2) is 36.4 Å². The summed E-state index contributed by atoms with van der Waals surface area (Å²) in [5, 5.41) is 0. The Kier molecular flexibility index (Phi) is 4.14. The van der Waals surface area contributed by atoms with Gasteiger partial charge in [0.2, 0.25) is 11.8 Å². The van der Waals surface area contributed by atoms with Crippen molar-refractivity contribution in [2.45, 2.75) is 19.4 Å². The van der Waals surface area contributed by atoms with E-state index in [9.17, 15) is 9.59 Å². The first-order valence-corrected chi connectivity index (χ1v) is 8.59. The molecular formula is C20H20N2O3. The number of hydrogen-bond donors (Lipinski definition) is 0. The summed E-state index contributed by atoms with van der Waals surface area (Å²) in [6, 6.07) is 15.6. The second-order valence-corrected chi connectivity index (χ2v) is 6.38. The molecule has 0 spiro atoms. The zero-order chi connectivity index (χ0) is 17.2. The van der Waals surface area contributed by atoms with E-state index in [4.69, 9.17) is 4.74 Å². The molecule has 4 rings (SSSR count). The third kappa shape index (κ3) is 3.09. The third-order valence-corrected chi connectivity index (χ3v) is 4.81. The highest BCUT2D eigenvalue weighted by Gasteiger charge is 2.28. The number of para-hydroxylation sites is 2. The SMILES string of the molecule is O=C(CN1C(=O)CCOc2ccccc21)N1CCc2ccccc2C1. The van der Waals surface area contributed by atoms with E-state index < -0.39 is 0 Å². The second-order valence-electron chi connectivity index (χ2n) is 6.38. The Hall–Kier alpha value is -2.82. The number of benzene rings is 2. The topological polar surface area (TPSA) is 49.9 Å². The van der Waals surface area contributed by atoms with Gasteiger partial charge in [0.15, 0.2) is 0 Å². The summed E-state index contributed by atoms with van der Waals surface area (Å²) < 4.78 is 5.64. The molecule has 2 amide bonds. The van der Waals surface area contributed by atoms with Gasteiger partial charge < -0.3 is 9.64 Å². The van der Waals surface area contributed by atoms with Gasteiger partial charge >= 0.3 is 0 Å². The highest BCUT2D eigenvalue weighted by Crippen LogP contribution is 2.31. The normalized spacial score (nSPS) is 16.6. The molecule has 128 valence electrons. The lowest BCUT2D eigenvalue weighted by molar-refractivity contribution is -0.132. The van der Waals surface area contributed by atoms with E-state index in [2.05, 4.69) is 12.1 Å². The predicted octanol–water partition coefficient (Wildman–Crippen LogP) is 2.39. The molecule has 0 N–H and O–H groups in total. The molecule has 25 heavy (non-hydrogen) atoms. The lowest BCUT2D eigenvalue weighted by atomic mass is 10.00. The maximum Gasteiger partial charge on any atom is 0.242 e. The molecule has 0 saturated carbocycles. The summed E-state index contributed by atoms with van der Waals surface area (Å²) >= 11 is 0. The molecule has 0 radical (unpaired) electrons. The van der Waals surface area contributed by atoms with Gasteiger partial charge in [-0.15, -0.1) is 0 Å². The molecule has 5 heteroatoms. The van der Waals surface area contributed by atoms with Gasteiger partial charge in [0.1, 0.15) is 12.3 Å². The Morgan fingerprint density at radius 3 is 2.64 bits per heavy atom. The Morgan fingerprint density at radius 1 is 1.00 bits per heavy atom. The van der Waals surface area contributed by atoms with Crippen LogP contribution < -0.4 is 9.64 Å². The number of ether oxygens (including phenoxy) is 1. The van der Waals surface area contributed by atoms with Crippen molar-refractivity contribution < 1.29 is 14.3 Å². The number of hydrogen-bond acceptors (Lipinski definition) is 3. The van der Waals surface area contributed by atoms with E-state index in [1.54, 1.807) is 4.90 Å². The summed E-state index contributed by atoms with van der Waals surface area (Å²) in [5.74, 6) is 0.556. The molecule has 2 heterocycles. The molecule has 0 saturated heterocycles. The molecule has 2 aliphatic rings. The number of anilines is 1. The van der Waals surface area contributed by atoms with E-state index in [0.717, 1.165) is 6.42 Å². The fourth-order valence-electron chi connectivity index (χ4n) is 3.44. The molecular weight excluding hydrogens is 316 g/mol. The largest absolute Gasteiger partial charge is 0.491 e. The molecule has 0 bridgehead atoms. The maximum atomic E-state index is 12.8. The second kappa shape index (κ2) is 6.59. The monoisotopic (exact) mass is 336 g/mol. The number of fused-ring (bicyclic) bond motifs is 2. The Morgan fingerprint density at radius 2 is 1.76 bits per heavy atom. The van der Waals surface area contributed by atoms with Crippen molar-refractivity contribution in [3.05, 3.63) is 59.7 Å². The molecule has 0 fully saturated rings. The number of amides is 2. The minimum atomic E-state index is -0.0734. The predicted molar refractivity (Wildman–Crippen MR) is 94.5 cm³/mol. The summed E-state index contributed by atoms with van der Waals surface area (Å²) in [6.45, 7) is 1.70. The van der Waals surface area contributed by atoms with Crippen LogP contribution in [0.25, 0.3) is 0 Å². The fraction of sp³-hybridized carbons (Fsp3) is 0.300. The molecule has 0 unspecified atom stereocenters. The molecule has 2 aromatic carbocycles. The molecule has 5 nitrogen and oxygen atoms in total. The standard InChI is InChI=1S/C20H20N2O3/c23-19-10-12-25-18-8-4-3-7-17(18)22(19)14-20(24)21-11-9-15-5-1-2-6-16(15)13-21/h1-8H,9-14H2. The van der Waals surface area contributed by atoms with Gasteiger partial charge in [0.25, 0.3) is 0 Å². The Labute approximate surface area is 146 Å². The first kappa shape index (κ1) is 15.7. The quantitative estimate of drug-likeness (QED) is 0.846. The van der Waals surface area contributed by atoms with Crippen molar-refractivity contribution in [1.29, 1.82) is 0 Å². The number of rotatable bonds is 2. The van der Waals surface area contributed by atoms with Gasteiger partial charge in [0, 0.05) is 13.1 Å². The zero-order valence-corrected chi connectivity index (χ0v) is 14.0. The van der Waals surface area contributed by atoms with Crippen LogP contribution in [0.2, 0.25) is 0 Å². The first-order chi connectivity index (χ1) is 12.2. The van der Waals surface area contributed by atoms with Gasteiger partial charge in [-0.25, -0.2) is 0 Å². The van der Waals surface area contributed by atoms with E-state index in [0.29, 0.717) is 31.1 Å². The van der Waals surface area contributed by atoms with Crippen LogP contribution in [0.3, 0.4) is 0 Å². The third-order valence-electron chi connectivity index (χ3n) is 4.81. The Balaban J connectivity index is 1.53. The average Bonchev–Trinajstić information content (AvgIpc) is 2.80. The molecule has 2 aromatic rings. The summed E-state index contributed by atoms with van der Waals surface area (Å²) in [7, 11) is 0. The smallest absolute Gasteiger partial charge is 0.242 e.